The van der Waals surface area contributed by atoms with Crippen molar-refractivity contribution in [3.05, 3.63) is 22.7 Å². The lowest BCUT2D eigenvalue weighted by atomic mass is 10.2. The molecule has 21 heavy (non-hydrogen) atoms. The van der Waals surface area contributed by atoms with Gasteiger partial charge in [0.1, 0.15) is 5.60 Å². The van der Waals surface area contributed by atoms with Crippen LogP contribution in [0.2, 0.25) is 5.02 Å². The first kappa shape index (κ1) is 17.4. The number of amides is 1. The molecule has 0 fully saturated rings. The molecule has 118 valence electrons. The highest BCUT2D eigenvalue weighted by Crippen LogP contribution is 2.37. The van der Waals surface area contributed by atoms with Crippen LogP contribution in [0.15, 0.2) is 12.1 Å². The molecule has 0 spiro atoms. The number of nitrogens with one attached hydrogen (secondary N) is 2. The van der Waals surface area contributed by atoms with Crippen LogP contribution in [0.3, 0.4) is 0 Å². The van der Waals surface area contributed by atoms with Gasteiger partial charge in [0.05, 0.1) is 19.2 Å². The normalized spacial score (nSPS) is 11.0. The van der Waals surface area contributed by atoms with Crippen molar-refractivity contribution in [1.82, 2.24) is 10.9 Å². The molecule has 2 N–H and O–H groups in total. The van der Waals surface area contributed by atoms with Crippen LogP contribution in [-0.2, 0) is 11.3 Å². The van der Waals surface area contributed by atoms with E-state index in [1.165, 1.54) is 14.2 Å². The molecule has 7 heteroatoms. The van der Waals surface area contributed by atoms with Crippen molar-refractivity contribution >= 4 is 17.7 Å². The Balaban J connectivity index is 2.62. The fourth-order valence-electron chi connectivity index (χ4n) is 1.58. The molecule has 1 aromatic rings. The van der Waals surface area contributed by atoms with Gasteiger partial charge in [0.15, 0.2) is 11.5 Å². The SMILES string of the molecule is COc1ccc(CNNC(=O)OC(C)(C)C)c(Cl)c1OC. The van der Waals surface area contributed by atoms with Gasteiger partial charge in [-0.3, -0.25) is 5.43 Å². The molecule has 0 unspecified atom stereocenters. The monoisotopic (exact) mass is 316 g/mol. The molecule has 6 nitrogen and oxygen atoms in total. The van der Waals surface area contributed by atoms with Crippen molar-refractivity contribution in [2.45, 2.75) is 32.9 Å². The molecule has 0 aliphatic carbocycles. The highest BCUT2D eigenvalue weighted by atomic mass is 35.5. The van der Waals surface area contributed by atoms with Crippen molar-refractivity contribution in [1.29, 1.82) is 0 Å². The van der Waals surface area contributed by atoms with Gasteiger partial charge in [0, 0.05) is 6.54 Å². The molecule has 1 rings (SSSR count). The Hall–Kier alpha value is -1.66. The Morgan fingerprint density at radius 2 is 1.90 bits per heavy atom. The van der Waals surface area contributed by atoms with Crippen LogP contribution in [0.5, 0.6) is 11.5 Å². The zero-order valence-electron chi connectivity index (χ0n) is 12.9. The predicted molar refractivity (Wildman–Crippen MR) is 80.8 cm³/mol. The van der Waals surface area contributed by atoms with E-state index >= 15 is 0 Å². The van der Waals surface area contributed by atoms with Gasteiger partial charge in [-0.05, 0) is 32.4 Å². The van der Waals surface area contributed by atoms with E-state index in [-0.39, 0.29) is 0 Å². The van der Waals surface area contributed by atoms with Crippen LogP contribution in [0.25, 0.3) is 0 Å². The summed E-state index contributed by atoms with van der Waals surface area (Å²) in [6, 6.07) is 3.53. The van der Waals surface area contributed by atoms with Crippen molar-refractivity contribution in [2.24, 2.45) is 0 Å². The molecule has 1 amide bonds. The minimum absolute atomic E-state index is 0.318. The first-order chi connectivity index (χ1) is 9.78. The fourth-order valence-corrected chi connectivity index (χ4v) is 1.88. The molecule has 0 bridgehead atoms. The Morgan fingerprint density at radius 3 is 2.43 bits per heavy atom. The fraction of sp³-hybridized carbons (Fsp3) is 0.500. The summed E-state index contributed by atoms with van der Waals surface area (Å²) in [5.41, 5.74) is 5.39. The number of hydrazine groups is 1. The van der Waals surface area contributed by atoms with Gasteiger partial charge in [0.2, 0.25) is 0 Å². The van der Waals surface area contributed by atoms with Crippen LogP contribution in [-0.4, -0.2) is 25.9 Å². The lowest BCUT2D eigenvalue weighted by Crippen LogP contribution is -2.40. The quantitative estimate of drug-likeness (QED) is 0.817. The van der Waals surface area contributed by atoms with E-state index in [0.717, 1.165) is 5.56 Å². The Bertz CT molecular complexity index is 500. The van der Waals surface area contributed by atoms with Crippen LogP contribution in [0, 0.1) is 0 Å². The van der Waals surface area contributed by atoms with Gasteiger partial charge < -0.3 is 14.2 Å². The van der Waals surface area contributed by atoms with E-state index in [4.69, 9.17) is 25.8 Å². The highest BCUT2D eigenvalue weighted by molar-refractivity contribution is 6.33. The predicted octanol–water partition coefficient (Wildman–Crippen LogP) is 2.89. The van der Waals surface area contributed by atoms with Crippen molar-refractivity contribution < 1.29 is 19.0 Å². The zero-order chi connectivity index (χ0) is 16.0. The number of rotatable bonds is 5. The topological polar surface area (TPSA) is 68.8 Å². The number of methoxy groups -OCH3 is 2. The lowest BCUT2D eigenvalue weighted by molar-refractivity contribution is 0.0497. The molecule has 0 saturated carbocycles. The highest BCUT2D eigenvalue weighted by Gasteiger charge is 2.16. The van der Waals surface area contributed by atoms with Gasteiger partial charge in [0.25, 0.3) is 0 Å². The summed E-state index contributed by atoms with van der Waals surface area (Å²) in [6.45, 7) is 5.69. The molecule has 0 aliphatic heterocycles. The van der Waals surface area contributed by atoms with E-state index in [0.29, 0.717) is 23.1 Å². The molecule has 0 aromatic heterocycles. The van der Waals surface area contributed by atoms with Gasteiger partial charge in [-0.15, -0.1) is 0 Å². The van der Waals surface area contributed by atoms with Crippen molar-refractivity contribution in [2.75, 3.05) is 14.2 Å². The molecular formula is C14H21ClN2O4. The number of benzene rings is 1. The molecule has 0 aliphatic rings. The van der Waals surface area contributed by atoms with Gasteiger partial charge in [-0.1, -0.05) is 17.7 Å². The number of hydrogen-bond acceptors (Lipinski definition) is 5. The maximum Gasteiger partial charge on any atom is 0.422 e. The summed E-state index contributed by atoms with van der Waals surface area (Å²) in [5.74, 6) is 1.00. The van der Waals surface area contributed by atoms with E-state index in [1.54, 1.807) is 32.9 Å². The minimum Gasteiger partial charge on any atom is -0.493 e. The van der Waals surface area contributed by atoms with Crippen molar-refractivity contribution in [3.8, 4) is 11.5 Å². The summed E-state index contributed by atoms with van der Waals surface area (Å²) in [7, 11) is 3.05. The average molecular weight is 317 g/mol. The summed E-state index contributed by atoms with van der Waals surface area (Å²) >= 11 is 6.23. The van der Waals surface area contributed by atoms with E-state index < -0.39 is 11.7 Å². The smallest absolute Gasteiger partial charge is 0.422 e. The van der Waals surface area contributed by atoms with Crippen LogP contribution in [0.4, 0.5) is 4.79 Å². The first-order valence-corrected chi connectivity index (χ1v) is 6.77. The zero-order valence-corrected chi connectivity index (χ0v) is 13.6. The third-order valence-corrected chi connectivity index (χ3v) is 2.85. The van der Waals surface area contributed by atoms with Gasteiger partial charge >= 0.3 is 6.09 Å². The molecule has 0 radical (unpaired) electrons. The third-order valence-electron chi connectivity index (χ3n) is 2.43. The van der Waals surface area contributed by atoms with Gasteiger partial charge in [-0.2, -0.15) is 0 Å². The number of ether oxygens (including phenoxy) is 3. The maximum atomic E-state index is 11.5. The number of hydrogen-bond donors (Lipinski definition) is 2. The Labute approximate surface area is 129 Å². The number of halogens is 1. The number of carbonyl (C=O) groups is 1. The second-order valence-electron chi connectivity index (χ2n) is 5.25. The summed E-state index contributed by atoms with van der Waals surface area (Å²) in [5, 5.41) is 0.426. The minimum atomic E-state index is -0.556. The molecule has 0 saturated heterocycles. The number of carbonyl (C=O) groups excluding carboxylic acids is 1. The molecule has 1 aromatic carbocycles. The second-order valence-corrected chi connectivity index (χ2v) is 5.63. The van der Waals surface area contributed by atoms with Crippen LogP contribution >= 0.6 is 11.6 Å². The summed E-state index contributed by atoms with van der Waals surface area (Å²) < 4.78 is 15.5. The molecule has 0 atom stereocenters. The average Bonchev–Trinajstić information content (AvgIpc) is 2.38. The molecule has 0 heterocycles. The van der Waals surface area contributed by atoms with E-state index in [2.05, 4.69) is 10.9 Å². The summed E-state index contributed by atoms with van der Waals surface area (Å²) in [6.07, 6.45) is -0.556. The van der Waals surface area contributed by atoms with E-state index in [1.807, 2.05) is 0 Å². The van der Waals surface area contributed by atoms with Crippen molar-refractivity contribution in [3.63, 3.8) is 0 Å². The van der Waals surface area contributed by atoms with Gasteiger partial charge in [-0.25, -0.2) is 10.2 Å². The standard InChI is InChI=1S/C14H21ClN2O4/c1-14(2,3)21-13(18)17-16-8-9-6-7-10(19-4)12(20-5)11(9)15/h6-7,16H,8H2,1-5H3,(H,17,18). The van der Waals surface area contributed by atoms with Crippen LogP contribution in [0.1, 0.15) is 26.3 Å². The van der Waals surface area contributed by atoms with E-state index in [9.17, 15) is 4.79 Å². The molecular weight excluding hydrogens is 296 g/mol. The third kappa shape index (κ3) is 5.32. The summed E-state index contributed by atoms with van der Waals surface area (Å²) in [4.78, 5) is 11.5. The maximum absolute atomic E-state index is 11.5. The largest absolute Gasteiger partial charge is 0.493 e. The second kappa shape index (κ2) is 7.38. The lowest BCUT2D eigenvalue weighted by Gasteiger charge is -2.20. The Kier molecular flexibility index (Phi) is 6.11. The van der Waals surface area contributed by atoms with Crippen LogP contribution < -0.4 is 20.3 Å². The first-order valence-electron chi connectivity index (χ1n) is 6.39. The Morgan fingerprint density at radius 1 is 1.24 bits per heavy atom.